The summed E-state index contributed by atoms with van der Waals surface area (Å²) in [5.41, 5.74) is 6.32. The fourth-order valence-electron chi connectivity index (χ4n) is 1.13. The topological polar surface area (TPSA) is 84.2 Å². The molecule has 0 saturated carbocycles. The Kier molecular flexibility index (Phi) is 4.58. The van der Waals surface area contributed by atoms with Crippen LogP contribution >= 0.6 is 0 Å². The van der Waals surface area contributed by atoms with Crippen LogP contribution in [0.1, 0.15) is 12.5 Å². The van der Waals surface area contributed by atoms with Crippen LogP contribution < -0.4 is 16.4 Å². The molecule has 1 aromatic rings. The summed E-state index contributed by atoms with van der Waals surface area (Å²) in [7, 11) is 0. The van der Waals surface area contributed by atoms with E-state index in [1.54, 1.807) is 24.3 Å². The number of anilines is 1. The van der Waals surface area contributed by atoms with E-state index in [0.717, 1.165) is 5.56 Å². The van der Waals surface area contributed by atoms with E-state index in [9.17, 15) is 9.59 Å². The molecule has 0 saturated heterocycles. The number of hydrogen-bond donors (Lipinski definition) is 3. The number of carbonyl (C=O) groups is 2. The molecule has 0 spiro atoms. The van der Waals surface area contributed by atoms with E-state index in [0.29, 0.717) is 12.2 Å². The highest BCUT2D eigenvalue weighted by Gasteiger charge is 1.95. The van der Waals surface area contributed by atoms with Crippen LogP contribution in [0.4, 0.5) is 10.5 Å². The fraction of sp³-hybridized carbons (Fsp3) is 0.167. The van der Waals surface area contributed by atoms with Gasteiger partial charge in [-0.25, -0.2) is 4.79 Å². The molecule has 0 atom stereocenters. The minimum Gasteiger partial charge on any atom is -0.351 e. The zero-order valence-corrected chi connectivity index (χ0v) is 9.41. The Morgan fingerprint density at radius 2 is 2.18 bits per heavy atom. The van der Waals surface area contributed by atoms with E-state index in [2.05, 4.69) is 22.5 Å². The van der Waals surface area contributed by atoms with Crippen molar-refractivity contribution in [2.24, 2.45) is 5.73 Å². The molecule has 4 N–H and O–H groups in total. The van der Waals surface area contributed by atoms with Gasteiger partial charge in [-0.2, -0.15) is 0 Å². The van der Waals surface area contributed by atoms with Crippen molar-refractivity contribution in [1.29, 1.82) is 0 Å². The first kappa shape index (κ1) is 12.6. The molecule has 0 fully saturated rings. The van der Waals surface area contributed by atoms with Crippen LogP contribution in [0.2, 0.25) is 0 Å². The zero-order chi connectivity index (χ0) is 12.7. The van der Waals surface area contributed by atoms with Gasteiger partial charge in [-0.15, -0.1) is 0 Å². The van der Waals surface area contributed by atoms with Gasteiger partial charge in [-0.1, -0.05) is 17.9 Å². The van der Waals surface area contributed by atoms with Gasteiger partial charge in [0.05, 0.1) is 6.54 Å². The number of carbonyl (C=O) groups excluding carboxylic acids is 2. The third kappa shape index (κ3) is 5.23. The van der Waals surface area contributed by atoms with Crippen LogP contribution in [0.25, 0.3) is 0 Å². The van der Waals surface area contributed by atoms with E-state index in [1.165, 1.54) is 6.92 Å². The van der Waals surface area contributed by atoms with Crippen molar-refractivity contribution in [1.82, 2.24) is 5.32 Å². The van der Waals surface area contributed by atoms with Crippen molar-refractivity contribution in [3.8, 4) is 11.8 Å². The zero-order valence-electron chi connectivity index (χ0n) is 9.41. The molecule has 0 bridgehead atoms. The van der Waals surface area contributed by atoms with Crippen LogP contribution in [0, 0.1) is 11.8 Å². The number of rotatable bonds is 2. The molecular weight excluding hydrogens is 218 g/mol. The summed E-state index contributed by atoms with van der Waals surface area (Å²) in [6.45, 7) is 1.72. The Morgan fingerprint density at radius 1 is 1.41 bits per heavy atom. The number of hydrogen-bond acceptors (Lipinski definition) is 2. The Hall–Kier alpha value is -2.48. The monoisotopic (exact) mass is 231 g/mol. The second kappa shape index (κ2) is 6.18. The highest BCUT2D eigenvalue weighted by molar-refractivity contribution is 5.87. The van der Waals surface area contributed by atoms with Gasteiger partial charge in [0.25, 0.3) is 0 Å². The normalized spacial score (nSPS) is 8.76. The second-order valence-electron chi connectivity index (χ2n) is 3.28. The first-order chi connectivity index (χ1) is 8.08. The lowest BCUT2D eigenvalue weighted by atomic mass is 10.2. The summed E-state index contributed by atoms with van der Waals surface area (Å²) >= 11 is 0. The Bertz CT molecular complexity index is 486. The molecule has 3 amide bonds. The smallest absolute Gasteiger partial charge is 0.316 e. The summed E-state index contributed by atoms with van der Waals surface area (Å²) in [6, 6.07) is 6.35. The molecule has 17 heavy (non-hydrogen) atoms. The average Bonchev–Trinajstić information content (AvgIpc) is 2.24. The van der Waals surface area contributed by atoms with Crippen LogP contribution in [0.5, 0.6) is 0 Å². The lowest BCUT2D eigenvalue weighted by Gasteiger charge is -2.00. The Balaban J connectivity index is 2.65. The average molecular weight is 231 g/mol. The predicted molar refractivity (Wildman–Crippen MR) is 65.2 cm³/mol. The molecule has 88 valence electrons. The molecule has 0 aliphatic rings. The van der Waals surface area contributed by atoms with Crippen molar-refractivity contribution >= 4 is 17.6 Å². The molecule has 1 rings (SSSR count). The number of nitrogens with one attached hydrogen (secondary N) is 2. The van der Waals surface area contributed by atoms with Crippen molar-refractivity contribution in [3.63, 3.8) is 0 Å². The number of benzene rings is 1. The third-order valence-electron chi connectivity index (χ3n) is 1.79. The lowest BCUT2D eigenvalue weighted by molar-refractivity contribution is -0.118. The molecule has 5 nitrogen and oxygen atoms in total. The van der Waals surface area contributed by atoms with E-state index in [1.807, 2.05) is 0 Å². The summed E-state index contributed by atoms with van der Waals surface area (Å²) in [6.07, 6.45) is 0. The van der Waals surface area contributed by atoms with Gasteiger partial charge < -0.3 is 16.4 Å². The third-order valence-corrected chi connectivity index (χ3v) is 1.79. The first-order valence-electron chi connectivity index (χ1n) is 4.98. The number of amides is 3. The van der Waals surface area contributed by atoms with Gasteiger partial charge >= 0.3 is 6.03 Å². The maximum atomic E-state index is 10.6. The molecule has 5 heteroatoms. The van der Waals surface area contributed by atoms with E-state index in [-0.39, 0.29) is 5.91 Å². The van der Waals surface area contributed by atoms with Gasteiger partial charge in [-0.05, 0) is 18.2 Å². The Morgan fingerprint density at radius 3 is 2.82 bits per heavy atom. The van der Waals surface area contributed by atoms with Crippen LogP contribution in [0.15, 0.2) is 24.3 Å². The largest absolute Gasteiger partial charge is 0.351 e. The summed E-state index contributed by atoms with van der Waals surface area (Å²) in [4.78, 5) is 21.2. The van der Waals surface area contributed by atoms with Gasteiger partial charge in [0.15, 0.2) is 0 Å². The molecule has 0 aliphatic carbocycles. The van der Waals surface area contributed by atoms with Crippen molar-refractivity contribution in [2.45, 2.75) is 6.92 Å². The number of primary amides is 1. The minimum atomic E-state index is -0.617. The summed E-state index contributed by atoms with van der Waals surface area (Å²) < 4.78 is 0. The maximum absolute atomic E-state index is 10.6. The van der Waals surface area contributed by atoms with Gasteiger partial charge in [0, 0.05) is 18.2 Å². The number of nitrogens with two attached hydrogens (primary N) is 1. The molecule has 0 aliphatic heterocycles. The summed E-state index contributed by atoms with van der Waals surface area (Å²) in [5.74, 6) is 5.52. The predicted octanol–water partition coefficient (Wildman–Crippen LogP) is 0.665. The van der Waals surface area contributed by atoms with Gasteiger partial charge in [0.1, 0.15) is 0 Å². The second-order valence-corrected chi connectivity index (χ2v) is 3.28. The minimum absolute atomic E-state index is 0.122. The van der Waals surface area contributed by atoms with Crippen molar-refractivity contribution < 1.29 is 9.59 Å². The van der Waals surface area contributed by atoms with Crippen LogP contribution in [0.3, 0.4) is 0 Å². The summed E-state index contributed by atoms with van der Waals surface area (Å²) in [5, 5.41) is 5.02. The van der Waals surface area contributed by atoms with Crippen LogP contribution in [-0.2, 0) is 4.79 Å². The molecule has 0 heterocycles. The van der Waals surface area contributed by atoms with Crippen molar-refractivity contribution in [3.05, 3.63) is 29.8 Å². The molecule has 0 unspecified atom stereocenters. The quantitative estimate of drug-likeness (QED) is 0.653. The van der Waals surface area contributed by atoms with Gasteiger partial charge in [0.2, 0.25) is 5.91 Å². The fourth-order valence-corrected chi connectivity index (χ4v) is 1.13. The SMILES string of the molecule is CC(=O)NCC#Cc1cccc(NC(N)=O)c1. The van der Waals surface area contributed by atoms with E-state index in [4.69, 9.17) is 5.73 Å². The molecule has 0 radical (unpaired) electrons. The highest BCUT2D eigenvalue weighted by atomic mass is 16.2. The Labute approximate surface area is 99.4 Å². The number of urea groups is 1. The van der Waals surface area contributed by atoms with Crippen LogP contribution in [-0.4, -0.2) is 18.5 Å². The maximum Gasteiger partial charge on any atom is 0.316 e. The van der Waals surface area contributed by atoms with Gasteiger partial charge in [-0.3, -0.25) is 4.79 Å². The molecular formula is C12H13N3O2. The molecule has 1 aromatic carbocycles. The standard InChI is InChI=1S/C12H13N3O2/c1-9(16)14-7-3-5-10-4-2-6-11(8-10)15-12(13)17/h2,4,6,8H,7H2,1H3,(H,14,16)(H3,13,15,17). The van der Waals surface area contributed by atoms with E-state index < -0.39 is 6.03 Å². The van der Waals surface area contributed by atoms with E-state index >= 15 is 0 Å². The highest BCUT2D eigenvalue weighted by Crippen LogP contribution is 2.08. The van der Waals surface area contributed by atoms with Crippen molar-refractivity contribution in [2.75, 3.05) is 11.9 Å². The first-order valence-corrected chi connectivity index (χ1v) is 4.98. The lowest BCUT2D eigenvalue weighted by Crippen LogP contribution is -2.19. The molecule has 0 aromatic heterocycles.